The molecule has 0 aromatic carbocycles. The molecule has 0 amide bonds. The monoisotopic (exact) mass is 302 g/mol. The van der Waals surface area contributed by atoms with Crippen LogP contribution in [0.5, 0.6) is 0 Å². The van der Waals surface area contributed by atoms with E-state index < -0.39 is 11.9 Å². The minimum absolute atomic E-state index is 0. The maximum atomic E-state index is 10.1. The molecule has 0 aromatic rings. The molecule has 0 spiro atoms. The molecule has 0 saturated heterocycles. The van der Waals surface area contributed by atoms with Crippen molar-refractivity contribution in [1.82, 2.24) is 0 Å². The fourth-order valence-electron chi connectivity index (χ4n) is 1.62. The lowest BCUT2D eigenvalue weighted by molar-refractivity contribution is -0.139. The highest BCUT2D eigenvalue weighted by Gasteiger charge is 2.42. The van der Waals surface area contributed by atoms with E-state index in [-0.39, 0.29) is 48.5 Å². The number of hydrogen-bond donors (Lipinski definition) is 4. The number of nitrogens with two attached hydrogens (primary N) is 2. The first-order valence-corrected chi connectivity index (χ1v) is 5.37. The van der Waals surface area contributed by atoms with E-state index in [1.165, 1.54) is 0 Å². The van der Waals surface area contributed by atoms with Gasteiger partial charge in [0.1, 0.15) is 0 Å². The average molecular weight is 303 g/mol. The zero-order valence-corrected chi connectivity index (χ0v) is 11.5. The van der Waals surface area contributed by atoms with Crippen LogP contribution in [0.15, 0.2) is 0 Å². The van der Waals surface area contributed by atoms with Crippen LogP contribution in [0.3, 0.4) is 0 Å². The molecule has 2 saturated carbocycles. The lowest BCUT2D eigenvalue weighted by Gasteiger charge is -1.85. The van der Waals surface area contributed by atoms with Crippen molar-refractivity contribution in [2.24, 2.45) is 35.1 Å². The number of aliphatic carboxylic acids is 2. The summed E-state index contributed by atoms with van der Waals surface area (Å²) in [6, 6.07) is 0. The summed E-state index contributed by atoms with van der Waals surface area (Å²) in [5.41, 5.74) is 10.4. The third-order valence-electron chi connectivity index (χ3n) is 3.09. The van der Waals surface area contributed by atoms with E-state index in [9.17, 15) is 9.59 Å². The molecule has 0 unspecified atom stereocenters. The zero-order valence-electron chi connectivity index (χ0n) is 9.82. The van der Waals surface area contributed by atoms with Crippen molar-refractivity contribution < 1.29 is 19.8 Å². The summed E-state index contributed by atoms with van der Waals surface area (Å²) in [4.78, 5) is 20.2. The highest BCUT2D eigenvalue weighted by Crippen LogP contribution is 2.37. The first-order chi connectivity index (χ1) is 7.51. The molecule has 2 aliphatic carbocycles. The van der Waals surface area contributed by atoms with E-state index >= 15 is 0 Å². The first kappa shape index (κ1) is 19.8. The van der Waals surface area contributed by atoms with Crippen LogP contribution in [0, 0.1) is 23.7 Å². The van der Waals surface area contributed by atoms with Crippen LogP contribution < -0.4 is 11.5 Å². The van der Waals surface area contributed by atoms with Gasteiger partial charge >= 0.3 is 11.9 Å². The van der Waals surface area contributed by atoms with E-state index in [4.69, 9.17) is 21.7 Å². The third-order valence-corrected chi connectivity index (χ3v) is 3.09. The van der Waals surface area contributed by atoms with Crippen LogP contribution in [-0.4, -0.2) is 35.2 Å². The van der Waals surface area contributed by atoms with E-state index in [2.05, 4.69) is 0 Å². The summed E-state index contributed by atoms with van der Waals surface area (Å²) in [7, 11) is 0. The maximum absolute atomic E-state index is 10.1. The molecule has 0 bridgehead atoms. The van der Waals surface area contributed by atoms with Gasteiger partial charge in [0.25, 0.3) is 0 Å². The quantitative estimate of drug-likeness (QED) is 0.586. The molecule has 0 heterocycles. The van der Waals surface area contributed by atoms with Crippen molar-refractivity contribution in [3.05, 3.63) is 0 Å². The molecule has 18 heavy (non-hydrogen) atoms. The van der Waals surface area contributed by atoms with E-state index in [0.717, 1.165) is 12.8 Å². The van der Waals surface area contributed by atoms with Crippen molar-refractivity contribution in [3.8, 4) is 0 Å². The molecule has 4 atom stereocenters. The lowest BCUT2D eigenvalue weighted by Crippen LogP contribution is -2.07. The third kappa shape index (κ3) is 5.86. The predicted octanol–water partition coefficient (Wildman–Crippen LogP) is 0.175. The fraction of sp³-hybridized carbons (Fsp3) is 0.800. The SMILES string of the molecule is Cl.Cl.NC[C@@H]1C[C@@H]1C(=O)O.NC[C@H]1C[C@H]1C(=O)O. The van der Waals surface area contributed by atoms with Crippen LogP contribution >= 0.6 is 24.8 Å². The van der Waals surface area contributed by atoms with Crippen molar-refractivity contribution >= 4 is 36.8 Å². The van der Waals surface area contributed by atoms with Crippen LogP contribution in [0.1, 0.15) is 12.8 Å². The molecule has 2 aliphatic rings. The molecule has 2 fully saturated rings. The fourth-order valence-corrected chi connectivity index (χ4v) is 1.62. The Labute approximate surface area is 118 Å². The Morgan fingerprint density at radius 2 is 1.17 bits per heavy atom. The Balaban J connectivity index is 0. The Hall–Kier alpha value is -0.560. The number of hydrogen-bond acceptors (Lipinski definition) is 4. The normalized spacial score (nSPS) is 30.8. The number of carboxylic acids is 2. The number of carbonyl (C=O) groups is 2. The smallest absolute Gasteiger partial charge is 0.306 e. The van der Waals surface area contributed by atoms with Gasteiger partial charge in [-0.1, -0.05) is 0 Å². The lowest BCUT2D eigenvalue weighted by atomic mass is 10.3. The molecular formula is C10H20Cl2N2O4. The molecule has 0 aliphatic heterocycles. The Kier molecular flexibility index (Phi) is 9.37. The van der Waals surface area contributed by atoms with Gasteiger partial charge in [-0.3, -0.25) is 9.59 Å². The molecule has 108 valence electrons. The highest BCUT2D eigenvalue weighted by atomic mass is 35.5. The summed E-state index contributed by atoms with van der Waals surface area (Å²) in [5.74, 6) is -1.10. The molecule has 2 rings (SSSR count). The van der Waals surface area contributed by atoms with Gasteiger partial charge in [-0.25, -0.2) is 0 Å². The summed E-state index contributed by atoms with van der Waals surface area (Å²) in [6.07, 6.45) is 1.57. The Morgan fingerprint density at radius 1 is 0.889 bits per heavy atom. The topological polar surface area (TPSA) is 127 Å². The van der Waals surface area contributed by atoms with Crippen LogP contribution in [-0.2, 0) is 9.59 Å². The molecule has 6 nitrogen and oxygen atoms in total. The molecule has 8 heteroatoms. The van der Waals surface area contributed by atoms with Gasteiger partial charge in [0.15, 0.2) is 0 Å². The summed E-state index contributed by atoms with van der Waals surface area (Å²) in [5, 5.41) is 16.6. The van der Waals surface area contributed by atoms with Crippen LogP contribution in [0.4, 0.5) is 0 Å². The largest absolute Gasteiger partial charge is 0.481 e. The molecule has 0 aromatic heterocycles. The second-order valence-corrected chi connectivity index (χ2v) is 4.35. The molecular weight excluding hydrogens is 283 g/mol. The van der Waals surface area contributed by atoms with Gasteiger partial charge in [0.05, 0.1) is 11.8 Å². The van der Waals surface area contributed by atoms with Crippen molar-refractivity contribution in [3.63, 3.8) is 0 Å². The molecule has 0 radical (unpaired) electrons. The van der Waals surface area contributed by atoms with Crippen molar-refractivity contribution in [2.45, 2.75) is 12.8 Å². The number of rotatable bonds is 4. The minimum atomic E-state index is -0.694. The summed E-state index contributed by atoms with van der Waals surface area (Å²) < 4.78 is 0. The van der Waals surface area contributed by atoms with Crippen LogP contribution in [0.25, 0.3) is 0 Å². The maximum Gasteiger partial charge on any atom is 0.306 e. The van der Waals surface area contributed by atoms with Gasteiger partial charge in [-0.15, -0.1) is 24.8 Å². The first-order valence-electron chi connectivity index (χ1n) is 5.37. The number of halogens is 2. The Morgan fingerprint density at radius 3 is 1.22 bits per heavy atom. The van der Waals surface area contributed by atoms with Crippen molar-refractivity contribution in [2.75, 3.05) is 13.1 Å². The Bertz CT molecular complexity index is 263. The van der Waals surface area contributed by atoms with Gasteiger partial charge in [0.2, 0.25) is 0 Å². The van der Waals surface area contributed by atoms with Gasteiger partial charge in [0, 0.05) is 0 Å². The van der Waals surface area contributed by atoms with Crippen molar-refractivity contribution in [1.29, 1.82) is 0 Å². The standard InChI is InChI=1S/2C5H9NO2.2ClH/c2*6-2-3-1-4(3)5(7)8;;/h2*3-4H,1-2,6H2,(H,7,8);2*1H/t2*3-,4-;;/m10../s1. The zero-order chi connectivity index (χ0) is 12.3. The summed E-state index contributed by atoms with van der Waals surface area (Å²) in [6.45, 7) is 1.05. The average Bonchev–Trinajstić information content (AvgIpc) is 3.11. The number of carboxylic acid groups (broad SMARTS) is 2. The van der Waals surface area contributed by atoms with E-state index in [1.54, 1.807) is 0 Å². The van der Waals surface area contributed by atoms with Gasteiger partial charge < -0.3 is 21.7 Å². The second kappa shape index (κ2) is 8.53. The van der Waals surface area contributed by atoms with Gasteiger partial charge in [-0.05, 0) is 37.8 Å². The van der Waals surface area contributed by atoms with Crippen LogP contribution in [0.2, 0.25) is 0 Å². The minimum Gasteiger partial charge on any atom is -0.481 e. The van der Waals surface area contributed by atoms with E-state index in [0.29, 0.717) is 13.1 Å². The summed E-state index contributed by atoms with van der Waals surface area (Å²) >= 11 is 0. The van der Waals surface area contributed by atoms with Gasteiger partial charge in [-0.2, -0.15) is 0 Å². The second-order valence-electron chi connectivity index (χ2n) is 4.35. The van der Waals surface area contributed by atoms with E-state index in [1.807, 2.05) is 0 Å². The predicted molar refractivity (Wildman–Crippen MR) is 71.1 cm³/mol. The highest BCUT2D eigenvalue weighted by molar-refractivity contribution is 5.85. The molecule has 6 N–H and O–H groups in total.